The van der Waals surface area contributed by atoms with Crippen LogP contribution in [0.25, 0.3) is 0 Å². The second-order valence-corrected chi connectivity index (χ2v) is 6.04. The lowest BCUT2D eigenvalue weighted by Gasteiger charge is -2.39. The molecule has 1 amide bonds. The van der Waals surface area contributed by atoms with E-state index in [1.54, 1.807) is 6.33 Å². The van der Waals surface area contributed by atoms with Crippen molar-refractivity contribution < 1.29 is 4.79 Å². The summed E-state index contributed by atoms with van der Waals surface area (Å²) in [7, 11) is 0. The molecule has 0 atom stereocenters. The van der Waals surface area contributed by atoms with Gasteiger partial charge in [0.25, 0.3) is 0 Å². The van der Waals surface area contributed by atoms with Crippen LogP contribution in [0.5, 0.6) is 0 Å². The SMILES string of the molecule is CC(C)(C)c1cc(NC2CN(CC(N)=O)C2)ncn1. The number of hydrogen-bond donors (Lipinski definition) is 2. The zero-order valence-corrected chi connectivity index (χ0v) is 11.7. The minimum atomic E-state index is -0.282. The van der Waals surface area contributed by atoms with E-state index in [2.05, 4.69) is 36.1 Å². The number of carbonyl (C=O) groups is 1. The van der Waals surface area contributed by atoms with Crippen LogP contribution in [0, 0.1) is 0 Å². The largest absolute Gasteiger partial charge is 0.369 e. The van der Waals surface area contributed by atoms with Crippen molar-refractivity contribution in [3.8, 4) is 0 Å². The van der Waals surface area contributed by atoms with Crippen molar-refractivity contribution in [1.29, 1.82) is 0 Å². The highest BCUT2D eigenvalue weighted by atomic mass is 16.1. The molecule has 19 heavy (non-hydrogen) atoms. The molecule has 1 saturated heterocycles. The van der Waals surface area contributed by atoms with Gasteiger partial charge in [-0.25, -0.2) is 9.97 Å². The highest BCUT2D eigenvalue weighted by molar-refractivity contribution is 5.76. The molecule has 1 aromatic rings. The number of nitrogens with zero attached hydrogens (tertiary/aromatic N) is 3. The van der Waals surface area contributed by atoms with Gasteiger partial charge in [0.2, 0.25) is 5.91 Å². The maximum Gasteiger partial charge on any atom is 0.231 e. The Labute approximate surface area is 113 Å². The molecule has 1 aliphatic heterocycles. The lowest BCUT2D eigenvalue weighted by Crippen LogP contribution is -2.56. The minimum Gasteiger partial charge on any atom is -0.369 e. The fourth-order valence-corrected chi connectivity index (χ4v) is 2.07. The Hall–Kier alpha value is -1.69. The van der Waals surface area contributed by atoms with E-state index in [1.807, 2.05) is 11.0 Å². The molecule has 3 N–H and O–H groups in total. The van der Waals surface area contributed by atoms with Crippen LogP contribution in [-0.2, 0) is 10.2 Å². The van der Waals surface area contributed by atoms with E-state index < -0.39 is 0 Å². The molecule has 0 saturated carbocycles. The quantitative estimate of drug-likeness (QED) is 0.819. The van der Waals surface area contributed by atoms with Gasteiger partial charge in [0.05, 0.1) is 18.3 Å². The molecule has 2 rings (SSSR count). The first-order valence-electron chi connectivity index (χ1n) is 6.44. The zero-order valence-electron chi connectivity index (χ0n) is 11.7. The van der Waals surface area contributed by atoms with Crippen LogP contribution in [0.3, 0.4) is 0 Å². The van der Waals surface area contributed by atoms with Gasteiger partial charge in [0, 0.05) is 24.6 Å². The van der Waals surface area contributed by atoms with Gasteiger partial charge < -0.3 is 11.1 Å². The number of anilines is 1. The highest BCUT2D eigenvalue weighted by Crippen LogP contribution is 2.22. The number of aromatic nitrogens is 2. The lowest BCUT2D eigenvalue weighted by atomic mass is 9.92. The summed E-state index contributed by atoms with van der Waals surface area (Å²) < 4.78 is 0. The van der Waals surface area contributed by atoms with Gasteiger partial charge in [-0.3, -0.25) is 9.69 Å². The summed E-state index contributed by atoms with van der Waals surface area (Å²) in [5, 5.41) is 3.35. The first-order chi connectivity index (χ1) is 8.84. The topological polar surface area (TPSA) is 84.1 Å². The van der Waals surface area contributed by atoms with E-state index in [0.717, 1.165) is 24.6 Å². The van der Waals surface area contributed by atoms with Gasteiger partial charge in [-0.1, -0.05) is 20.8 Å². The van der Waals surface area contributed by atoms with Gasteiger partial charge in [-0.2, -0.15) is 0 Å². The normalized spacial score (nSPS) is 17.0. The lowest BCUT2D eigenvalue weighted by molar-refractivity contribution is -0.120. The van der Waals surface area contributed by atoms with E-state index >= 15 is 0 Å². The number of primary amides is 1. The summed E-state index contributed by atoms with van der Waals surface area (Å²) in [6.07, 6.45) is 1.59. The Morgan fingerprint density at radius 1 is 1.47 bits per heavy atom. The van der Waals surface area contributed by atoms with Crippen LogP contribution in [0.1, 0.15) is 26.5 Å². The summed E-state index contributed by atoms with van der Waals surface area (Å²) in [6.45, 7) is 8.33. The van der Waals surface area contributed by atoms with Crippen LogP contribution < -0.4 is 11.1 Å². The van der Waals surface area contributed by atoms with Gasteiger partial charge in [-0.15, -0.1) is 0 Å². The fourth-order valence-electron chi connectivity index (χ4n) is 2.07. The van der Waals surface area contributed by atoms with Crippen LogP contribution in [0.2, 0.25) is 0 Å². The van der Waals surface area contributed by atoms with E-state index in [9.17, 15) is 4.79 Å². The van der Waals surface area contributed by atoms with Crippen molar-refractivity contribution in [3.63, 3.8) is 0 Å². The van der Waals surface area contributed by atoms with E-state index in [4.69, 9.17) is 5.73 Å². The van der Waals surface area contributed by atoms with E-state index in [0.29, 0.717) is 12.6 Å². The number of rotatable bonds is 4. The third kappa shape index (κ3) is 3.64. The number of nitrogens with one attached hydrogen (secondary N) is 1. The molecule has 0 spiro atoms. The predicted octanol–water partition coefficient (Wildman–Crippen LogP) is 0.356. The molecule has 0 aromatic carbocycles. The third-order valence-corrected chi connectivity index (χ3v) is 3.12. The zero-order chi connectivity index (χ0) is 14.0. The average Bonchev–Trinajstić information content (AvgIpc) is 2.25. The molecular weight excluding hydrogens is 242 g/mol. The molecule has 1 aliphatic rings. The van der Waals surface area contributed by atoms with E-state index in [-0.39, 0.29) is 11.3 Å². The Morgan fingerprint density at radius 3 is 2.74 bits per heavy atom. The molecule has 2 heterocycles. The van der Waals surface area contributed by atoms with Crippen molar-refractivity contribution in [1.82, 2.24) is 14.9 Å². The smallest absolute Gasteiger partial charge is 0.231 e. The van der Waals surface area contributed by atoms with Crippen molar-refractivity contribution in [2.75, 3.05) is 25.0 Å². The molecular formula is C13H21N5O. The Bertz CT molecular complexity index is 462. The Kier molecular flexibility index (Phi) is 3.71. The third-order valence-electron chi connectivity index (χ3n) is 3.12. The molecule has 0 aliphatic carbocycles. The van der Waals surface area contributed by atoms with Crippen LogP contribution in [0.15, 0.2) is 12.4 Å². The summed E-state index contributed by atoms with van der Waals surface area (Å²) >= 11 is 0. The van der Waals surface area contributed by atoms with Crippen LogP contribution in [-0.4, -0.2) is 46.5 Å². The molecule has 6 heteroatoms. The van der Waals surface area contributed by atoms with Gasteiger partial charge >= 0.3 is 0 Å². The van der Waals surface area contributed by atoms with Crippen molar-refractivity contribution in [2.24, 2.45) is 5.73 Å². The number of hydrogen-bond acceptors (Lipinski definition) is 5. The molecule has 1 aromatic heterocycles. The summed E-state index contributed by atoms with van der Waals surface area (Å²) in [6, 6.07) is 2.30. The minimum absolute atomic E-state index is 0.0109. The van der Waals surface area contributed by atoms with Crippen molar-refractivity contribution in [2.45, 2.75) is 32.2 Å². The monoisotopic (exact) mass is 263 g/mol. The van der Waals surface area contributed by atoms with Crippen molar-refractivity contribution in [3.05, 3.63) is 18.1 Å². The number of amides is 1. The highest BCUT2D eigenvalue weighted by Gasteiger charge is 2.28. The number of carbonyl (C=O) groups excluding carboxylic acids is 1. The van der Waals surface area contributed by atoms with Gasteiger partial charge in [-0.05, 0) is 0 Å². The first kappa shape index (κ1) is 13.7. The predicted molar refractivity (Wildman–Crippen MR) is 73.8 cm³/mol. The standard InChI is InChI=1S/C13H21N5O/c1-13(2,3)10-4-12(16-8-15-10)17-9-5-18(6-9)7-11(14)19/h4,8-9H,5-7H2,1-3H3,(H2,14,19)(H,15,16,17). The summed E-state index contributed by atoms with van der Waals surface area (Å²) in [5.41, 5.74) is 6.17. The average molecular weight is 263 g/mol. The number of nitrogens with two attached hydrogens (primary N) is 1. The fraction of sp³-hybridized carbons (Fsp3) is 0.615. The van der Waals surface area contributed by atoms with Crippen molar-refractivity contribution >= 4 is 11.7 Å². The molecule has 1 fully saturated rings. The van der Waals surface area contributed by atoms with E-state index in [1.165, 1.54) is 0 Å². The second kappa shape index (κ2) is 5.13. The maximum absolute atomic E-state index is 10.8. The Balaban J connectivity index is 1.90. The molecule has 0 bridgehead atoms. The van der Waals surface area contributed by atoms with Gasteiger partial charge in [0.1, 0.15) is 12.1 Å². The molecule has 0 unspecified atom stereocenters. The summed E-state index contributed by atoms with van der Waals surface area (Å²) in [5.74, 6) is 0.555. The van der Waals surface area contributed by atoms with Gasteiger partial charge in [0.15, 0.2) is 0 Å². The molecule has 104 valence electrons. The first-order valence-corrected chi connectivity index (χ1v) is 6.44. The Morgan fingerprint density at radius 2 is 2.16 bits per heavy atom. The maximum atomic E-state index is 10.8. The number of likely N-dealkylation sites (tertiary alicyclic amines) is 1. The molecule has 6 nitrogen and oxygen atoms in total. The molecule has 0 radical (unpaired) electrons. The van der Waals surface area contributed by atoms with Crippen LogP contribution in [0.4, 0.5) is 5.82 Å². The second-order valence-electron chi connectivity index (χ2n) is 6.04. The summed E-state index contributed by atoms with van der Waals surface area (Å²) in [4.78, 5) is 21.3. The van der Waals surface area contributed by atoms with Crippen LogP contribution >= 0.6 is 0 Å².